The van der Waals surface area contributed by atoms with Crippen LogP contribution in [0.3, 0.4) is 0 Å². The molecule has 5 heteroatoms. The summed E-state index contributed by atoms with van der Waals surface area (Å²) in [6, 6.07) is 21.7. The van der Waals surface area contributed by atoms with Crippen molar-refractivity contribution in [1.29, 1.82) is 0 Å². The Morgan fingerprint density at radius 3 is 2.40 bits per heavy atom. The SMILES string of the molecule is CCN(Cc1ccc(OCCN(C)C2CCCCC2)cc1)c1cc(OC)ccc1C1CCc2cc(O)ccc2C1. The Morgan fingerprint density at radius 2 is 1.65 bits per heavy atom. The Kier molecular flexibility index (Phi) is 9.53. The summed E-state index contributed by atoms with van der Waals surface area (Å²) < 4.78 is 11.8. The molecule has 0 aliphatic heterocycles. The molecule has 0 heterocycles. The van der Waals surface area contributed by atoms with Crippen molar-refractivity contribution in [1.82, 2.24) is 4.90 Å². The summed E-state index contributed by atoms with van der Waals surface area (Å²) in [5.74, 6) is 2.63. The molecule has 1 atom stereocenters. The van der Waals surface area contributed by atoms with Gasteiger partial charge in [-0.05, 0) is 105 Å². The van der Waals surface area contributed by atoms with Gasteiger partial charge in [-0.1, -0.05) is 43.5 Å². The first-order chi connectivity index (χ1) is 19.5. The van der Waals surface area contributed by atoms with E-state index in [1.54, 1.807) is 7.11 Å². The maximum absolute atomic E-state index is 9.92. The van der Waals surface area contributed by atoms with E-state index in [2.05, 4.69) is 72.3 Å². The van der Waals surface area contributed by atoms with E-state index < -0.39 is 0 Å². The highest BCUT2D eigenvalue weighted by atomic mass is 16.5. The maximum atomic E-state index is 9.92. The van der Waals surface area contributed by atoms with Gasteiger partial charge in [0.1, 0.15) is 23.9 Å². The third kappa shape index (κ3) is 6.93. The molecule has 1 fully saturated rings. The van der Waals surface area contributed by atoms with Gasteiger partial charge in [0.25, 0.3) is 0 Å². The Bertz CT molecular complexity index is 1240. The molecular formula is C35H46N2O3. The summed E-state index contributed by atoms with van der Waals surface area (Å²) >= 11 is 0. The number of aryl methyl sites for hydroxylation is 1. The van der Waals surface area contributed by atoms with Crippen molar-refractivity contribution in [3.05, 3.63) is 82.9 Å². The number of anilines is 1. The van der Waals surface area contributed by atoms with Gasteiger partial charge in [0, 0.05) is 37.4 Å². The number of benzene rings is 3. The third-order valence-electron chi connectivity index (χ3n) is 9.03. The van der Waals surface area contributed by atoms with Gasteiger partial charge in [-0.3, -0.25) is 0 Å². The number of fused-ring (bicyclic) bond motifs is 1. The first-order valence-electron chi connectivity index (χ1n) is 15.2. The lowest BCUT2D eigenvalue weighted by Crippen LogP contribution is -2.36. The minimum absolute atomic E-state index is 0.364. The first kappa shape index (κ1) is 28.4. The highest BCUT2D eigenvalue weighted by Crippen LogP contribution is 2.40. The van der Waals surface area contributed by atoms with Crippen LogP contribution in [0, 0.1) is 0 Å². The van der Waals surface area contributed by atoms with Gasteiger partial charge in [0.2, 0.25) is 0 Å². The van der Waals surface area contributed by atoms with Crippen LogP contribution in [0.1, 0.15) is 73.6 Å². The molecule has 1 unspecified atom stereocenters. The Morgan fingerprint density at radius 1 is 0.875 bits per heavy atom. The zero-order valence-corrected chi connectivity index (χ0v) is 24.6. The van der Waals surface area contributed by atoms with Crippen molar-refractivity contribution in [3.8, 4) is 17.2 Å². The van der Waals surface area contributed by atoms with E-state index in [1.165, 1.54) is 60.0 Å². The van der Waals surface area contributed by atoms with Gasteiger partial charge in [-0.25, -0.2) is 0 Å². The second-order valence-electron chi connectivity index (χ2n) is 11.6. The molecule has 1 saturated carbocycles. The number of phenolic OH excluding ortho intramolecular Hbond substituents is 1. The molecule has 0 amide bonds. The lowest BCUT2D eigenvalue weighted by molar-refractivity contribution is 0.160. The molecule has 214 valence electrons. The number of ether oxygens (including phenoxy) is 2. The Hall–Kier alpha value is -3.18. The van der Waals surface area contributed by atoms with Gasteiger partial charge in [0.05, 0.1) is 7.11 Å². The second kappa shape index (κ2) is 13.5. The Balaban J connectivity index is 1.24. The van der Waals surface area contributed by atoms with Gasteiger partial charge in [-0.15, -0.1) is 0 Å². The van der Waals surface area contributed by atoms with Crippen LogP contribution in [0.25, 0.3) is 0 Å². The number of hydrogen-bond donors (Lipinski definition) is 1. The van der Waals surface area contributed by atoms with Crippen molar-refractivity contribution >= 4 is 5.69 Å². The van der Waals surface area contributed by atoms with Crippen LogP contribution in [0.4, 0.5) is 5.69 Å². The van der Waals surface area contributed by atoms with Crippen molar-refractivity contribution in [2.24, 2.45) is 0 Å². The minimum atomic E-state index is 0.364. The molecule has 0 bridgehead atoms. The standard InChI is InChI=1S/C35H46N2O3/c1-4-37(25-26-10-16-32(17-11-26)40-21-20-36(2)30-8-6-5-7-9-30)35-24-33(39-3)18-19-34(35)29-13-12-28-23-31(38)15-14-27(28)22-29/h10-11,14-19,23-24,29-30,38H,4-9,12-13,20-22,25H2,1-3H3. The molecule has 2 aliphatic rings. The number of hydrogen-bond acceptors (Lipinski definition) is 5. The maximum Gasteiger partial charge on any atom is 0.120 e. The van der Waals surface area contributed by atoms with Crippen LogP contribution in [-0.4, -0.2) is 49.9 Å². The molecule has 0 saturated heterocycles. The van der Waals surface area contributed by atoms with E-state index in [1.807, 2.05) is 12.1 Å². The van der Waals surface area contributed by atoms with Gasteiger partial charge in [-0.2, -0.15) is 0 Å². The fourth-order valence-electron chi connectivity index (χ4n) is 6.57. The quantitative estimate of drug-likeness (QED) is 0.275. The zero-order valence-electron chi connectivity index (χ0n) is 24.6. The average Bonchev–Trinajstić information content (AvgIpc) is 3.00. The van der Waals surface area contributed by atoms with Crippen molar-refractivity contribution in [2.45, 2.75) is 76.8 Å². The normalized spacial score (nSPS) is 17.4. The van der Waals surface area contributed by atoms with Crippen molar-refractivity contribution in [2.75, 3.05) is 38.8 Å². The molecule has 5 rings (SSSR count). The number of nitrogens with zero attached hydrogens (tertiary/aromatic N) is 2. The summed E-state index contributed by atoms with van der Waals surface area (Å²) in [7, 11) is 3.98. The molecule has 3 aromatic rings. The first-order valence-corrected chi connectivity index (χ1v) is 15.2. The van der Waals surface area contributed by atoms with Crippen LogP contribution in [0.15, 0.2) is 60.7 Å². The van der Waals surface area contributed by atoms with E-state index in [4.69, 9.17) is 9.47 Å². The number of methoxy groups -OCH3 is 1. The lowest BCUT2D eigenvalue weighted by atomic mass is 9.79. The molecule has 2 aliphatic carbocycles. The van der Waals surface area contributed by atoms with Crippen LogP contribution < -0.4 is 14.4 Å². The molecule has 3 aromatic carbocycles. The lowest BCUT2D eigenvalue weighted by Gasteiger charge is -2.32. The van der Waals surface area contributed by atoms with Gasteiger partial charge < -0.3 is 24.4 Å². The van der Waals surface area contributed by atoms with E-state index in [9.17, 15) is 5.11 Å². The van der Waals surface area contributed by atoms with Crippen LogP contribution >= 0.6 is 0 Å². The number of likely N-dealkylation sites (N-methyl/N-ethyl adjacent to an activating group) is 1. The number of rotatable bonds is 11. The molecule has 0 spiro atoms. The summed E-state index contributed by atoms with van der Waals surface area (Å²) in [6.45, 7) is 5.66. The Labute approximate surface area is 240 Å². The van der Waals surface area contributed by atoms with E-state index in [0.29, 0.717) is 11.7 Å². The van der Waals surface area contributed by atoms with Crippen LogP contribution in [0.2, 0.25) is 0 Å². The van der Waals surface area contributed by atoms with Crippen molar-refractivity contribution in [3.63, 3.8) is 0 Å². The van der Waals surface area contributed by atoms with E-state index in [0.717, 1.165) is 63.0 Å². The second-order valence-corrected chi connectivity index (χ2v) is 11.6. The van der Waals surface area contributed by atoms with Crippen LogP contribution in [0.5, 0.6) is 17.2 Å². The topological polar surface area (TPSA) is 45.2 Å². The largest absolute Gasteiger partial charge is 0.508 e. The molecule has 1 N–H and O–H groups in total. The summed E-state index contributed by atoms with van der Waals surface area (Å²) in [5.41, 5.74) is 6.52. The highest BCUT2D eigenvalue weighted by Gasteiger charge is 2.25. The molecule has 0 aromatic heterocycles. The third-order valence-corrected chi connectivity index (χ3v) is 9.03. The van der Waals surface area contributed by atoms with Gasteiger partial charge >= 0.3 is 0 Å². The van der Waals surface area contributed by atoms with Crippen LogP contribution in [-0.2, 0) is 19.4 Å². The number of aromatic hydroxyl groups is 1. The van der Waals surface area contributed by atoms with Gasteiger partial charge in [0.15, 0.2) is 0 Å². The smallest absolute Gasteiger partial charge is 0.120 e. The monoisotopic (exact) mass is 542 g/mol. The minimum Gasteiger partial charge on any atom is -0.508 e. The predicted molar refractivity (Wildman–Crippen MR) is 164 cm³/mol. The predicted octanol–water partition coefficient (Wildman–Crippen LogP) is 7.34. The van der Waals surface area contributed by atoms with E-state index in [-0.39, 0.29) is 0 Å². The summed E-state index contributed by atoms with van der Waals surface area (Å²) in [5, 5.41) is 9.92. The highest BCUT2D eigenvalue weighted by molar-refractivity contribution is 5.60. The fourth-order valence-corrected chi connectivity index (χ4v) is 6.57. The van der Waals surface area contributed by atoms with E-state index >= 15 is 0 Å². The molecule has 40 heavy (non-hydrogen) atoms. The molecule has 0 radical (unpaired) electrons. The zero-order chi connectivity index (χ0) is 27.9. The average molecular weight is 543 g/mol. The fraction of sp³-hybridized carbons (Fsp3) is 0.486. The summed E-state index contributed by atoms with van der Waals surface area (Å²) in [4.78, 5) is 4.94. The van der Waals surface area contributed by atoms with Crippen molar-refractivity contribution < 1.29 is 14.6 Å². The summed E-state index contributed by atoms with van der Waals surface area (Å²) in [6.07, 6.45) is 9.84. The molecular weight excluding hydrogens is 496 g/mol. The molecule has 5 nitrogen and oxygen atoms in total. The number of phenols is 1.